The molecule has 0 aromatic heterocycles. The standard InChI is InChI=1S/C24H29FN4O.HI/c1-26-23(28-17-24(11-12-24)20-8-4-9-21(25)14-20)27-15-18-6-2-3-7-19(18)16-29-13-5-10-22(29)30;/h2-4,6-9,14H,5,10-13,15-17H2,1H3,(H2,26,27,28);1H. The summed E-state index contributed by atoms with van der Waals surface area (Å²) in [6.07, 6.45) is 3.70. The van der Waals surface area contributed by atoms with Gasteiger partial charge in [0.2, 0.25) is 5.91 Å². The SMILES string of the molecule is CN=C(NCc1ccccc1CN1CCCC1=O)NCC1(c2cccc(F)c2)CC1.I. The summed E-state index contributed by atoms with van der Waals surface area (Å²) in [5.74, 6) is 0.779. The zero-order valence-corrected chi connectivity index (χ0v) is 20.2. The van der Waals surface area contributed by atoms with Crippen LogP contribution in [0.25, 0.3) is 0 Å². The Morgan fingerprint density at radius 2 is 1.90 bits per heavy atom. The molecule has 31 heavy (non-hydrogen) atoms. The maximum atomic E-state index is 13.6. The van der Waals surface area contributed by atoms with Gasteiger partial charge in [0.05, 0.1) is 0 Å². The highest BCUT2D eigenvalue weighted by atomic mass is 127. The van der Waals surface area contributed by atoms with Crippen LogP contribution in [0, 0.1) is 5.82 Å². The second kappa shape index (κ2) is 10.4. The fourth-order valence-corrected chi connectivity index (χ4v) is 4.15. The number of rotatable bonds is 7. The Morgan fingerprint density at radius 3 is 2.55 bits per heavy atom. The first kappa shape index (κ1) is 23.5. The van der Waals surface area contributed by atoms with Crippen LogP contribution >= 0.6 is 24.0 Å². The quantitative estimate of drug-likeness (QED) is 0.320. The van der Waals surface area contributed by atoms with Crippen molar-refractivity contribution in [2.45, 2.75) is 44.2 Å². The average Bonchev–Trinajstić information content (AvgIpc) is 3.45. The van der Waals surface area contributed by atoms with E-state index in [1.54, 1.807) is 19.2 Å². The van der Waals surface area contributed by atoms with Crippen LogP contribution in [-0.2, 0) is 23.3 Å². The van der Waals surface area contributed by atoms with Crippen molar-refractivity contribution >= 4 is 35.8 Å². The van der Waals surface area contributed by atoms with Crippen molar-refractivity contribution in [3.8, 4) is 0 Å². The highest BCUT2D eigenvalue weighted by molar-refractivity contribution is 14.0. The van der Waals surface area contributed by atoms with Crippen LogP contribution < -0.4 is 10.6 Å². The second-order valence-corrected chi connectivity index (χ2v) is 8.26. The number of carbonyl (C=O) groups excluding carboxylic acids is 1. The molecule has 1 heterocycles. The number of benzene rings is 2. The molecule has 0 atom stereocenters. The predicted octanol–water partition coefficient (Wildman–Crippen LogP) is 3.96. The summed E-state index contributed by atoms with van der Waals surface area (Å²) in [4.78, 5) is 18.3. The van der Waals surface area contributed by atoms with E-state index in [0.717, 1.165) is 55.0 Å². The molecule has 0 spiro atoms. The zero-order chi connectivity index (χ0) is 21.0. The van der Waals surface area contributed by atoms with Gasteiger partial charge in [-0.25, -0.2) is 4.39 Å². The molecule has 1 amide bonds. The normalized spacial score (nSPS) is 17.3. The minimum atomic E-state index is -0.186. The van der Waals surface area contributed by atoms with Gasteiger partial charge >= 0.3 is 0 Å². The van der Waals surface area contributed by atoms with Gasteiger partial charge in [0, 0.05) is 45.1 Å². The van der Waals surface area contributed by atoms with E-state index in [4.69, 9.17) is 0 Å². The van der Waals surface area contributed by atoms with E-state index < -0.39 is 0 Å². The number of amides is 1. The molecule has 2 N–H and O–H groups in total. The van der Waals surface area contributed by atoms with Crippen LogP contribution in [0.1, 0.15) is 42.4 Å². The van der Waals surface area contributed by atoms with Crippen LogP contribution in [0.5, 0.6) is 0 Å². The predicted molar refractivity (Wildman–Crippen MR) is 132 cm³/mol. The Morgan fingerprint density at radius 1 is 1.13 bits per heavy atom. The Bertz CT molecular complexity index is 945. The molecular formula is C24H30FIN4O. The van der Waals surface area contributed by atoms with E-state index in [1.807, 2.05) is 23.1 Å². The molecule has 5 nitrogen and oxygen atoms in total. The lowest BCUT2D eigenvalue weighted by Gasteiger charge is -2.21. The number of nitrogens with one attached hydrogen (secondary N) is 2. The molecule has 1 aliphatic heterocycles. The van der Waals surface area contributed by atoms with Crippen molar-refractivity contribution in [3.63, 3.8) is 0 Å². The molecule has 1 aliphatic carbocycles. The third kappa shape index (κ3) is 5.75. The highest BCUT2D eigenvalue weighted by Crippen LogP contribution is 2.47. The monoisotopic (exact) mass is 536 g/mol. The van der Waals surface area contributed by atoms with Crippen LogP contribution in [0.3, 0.4) is 0 Å². The Kier molecular flexibility index (Phi) is 7.91. The van der Waals surface area contributed by atoms with Gasteiger partial charge in [0.1, 0.15) is 5.82 Å². The summed E-state index contributed by atoms with van der Waals surface area (Å²) in [6, 6.07) is 15.1. The van der Waals surface area contributed by atoms with E-state index in [2.05, 4.69) is 27.8 Å². The van der Waals surface area contributed by atoms with Gasteiger partial charge in [0.25, 0.3) is 0 Å². The molecule has 1 saturated heterocycles. The topological polar surface area (TPSA) is 56.7 Å². The van der Waals surface area contributed by atoms with Crippen molar-refractivity contribution in [3.05, 3.63) is 71.0 Å². The maximum absolute atomic E-state index is 13.6. The summed E-state index contributed by atoms with van der Waals surface area (Å²) >= 11 is 0. The minimum Gasteiger partial charge on any atom is -0.356 e. The first-order chi connectivity index (χ1) is 14.6. The number of hydrogen-bond acceptors (Lipinski definition) is 2. The maximum Gasteiger partial charge on any atom is 0.222 e. The van der Waals surface area contributed by atoms with Gasteiger partial charge in [-0.2, -0.15) is 0 Å². The summed E-state index contributed by atoms with van der Waals surface area (Å²) in [7, 11) is 1.76. The molecule has 2 aromatic carbocycles. The minimum absolute atomic E-state index is 0. The Hall–Kier alpha value is -2.16. The van der Waals surface area contributed by atoms with Gasteiger partial charge in [-0.3, -0.25) is 9.79 Å². The lowest BCUT2D eigenvalue weighted by atomic mass is 9.96. The second-order valence-electron chi connectivity index (χ2n) is 8.26. The Balaban J connectivity index is 0.00000272. The molecule has 166 valence electrons. The number of likely N-dealkylation sites (tertiary alicyclic amines) is 1. The van der Waals surface area contributed by atoms with E-state index in [1.165, 1.54) is 6.07 Å². The third-order valence-corrected chi connectivity index (χ3v) is 6.21. The molecular weight excluding hydrogens is 506 g/mol. The van der Waals surface area contributed by atoms with Gasteiger partial charge in [-0.1, -0.05) is 36.4 Å². The number of halogens is 2. The summed E-state index contributed by atoms with van der Waals surface area (Å²) in [5, 5.41) is 6.80. The number of carbonyl (C=O) groups is 1. The van der Waals surface area contributed by atoms with Crippen molar-refractivity contribution < 1.29 is 9.18 Å². The molecule has 2 fully saturated rings. The highest BCUT2D eigenvalue weighted by Gasteiger charge is 2.44. The third-order valence-electron chi connectivity index (χ3n) is 6.21. The van der Waals surface area contributed by atoms with Gasteiger partial charge in [-0.15, -0.1) is 24.0 Å². The fraction of sp³-hybridized carbons (Fsp3) is 0.417. The average molecular weight is 536 g/mol. The lowest BCUT2D eigenvalue weighted by molar-refractivity contribution is -0.128. The Labute approximate surface area is 200 Å². The fourth-order valence-electron chi connectivity index (χ4n) is 4.15. The van der Waals surface area contributed by atoms with Crippen LogP contribution in [0.2, 0.25) is 0 Å². The smallest absolute Gasteiger partial charge is 0.222 e. The largest absolute Gasteiger partial charge is 0.356 e. The summed E-state index contributed by atoms with van der Waals surface area (Å²) in [6.45, 7) is 2.85. The van der Waals surface area contributed by atoms with E-state index >= 15 is 0 Å². The molecule has 4 rings (SSSR count). The van der Waals surface area contributed by atoms with E-state index in [0.29, 0.717) is 19.5 Å². The van der Waals surface area contributed by atoms with Crippen molar-refractivity contribution in [1.82, 2.24) is 15.5 Å². The molecule has 0 radical (unpaired) electrons. The molecule has 0 bridgehead atoms. The summed E-state index contributed by atoms with van der Waals surface area (Å²) < 4.78 is 13.6. The zero-order valence-electron chi connectivity index (χ0n) is 17.9. The van der Waals surface area contributed by atoms with Crippen LogP contribution in [-0.4, -0.2) is 36.9 Å². The van der Waals surface area contributed by atoms with E-state index in [9.17, 15) is 9.18 Å². The molecule has 0 unspecified atom stereocenters. The number of aliphatic imine (C=N–C) groups is 1. The van der Waals surface area contributed by atoms with E-state index in [-0.39, 0.29) is 41.1 Å². The van der Waals surface area contributed by atoms with Gasteiger partial charge in [-0.05, 0) is 48.1 Å². The summed E-state index contributed by atoms with van der Waals surface area (Å²) in [5.41, 5.74) is 3.36. The van der Waals surface area contributed by atoms with Crippen molar-refractivity contribution in [2.75, 3.05) is 20.1 Å². The van der Waals surface area contributed by atoms with Crippen molar-refractivity contribution in [1.29, 1.82) is 0 Å². The molecule has 2 aliphatic rings. The molecule has 7 heteroatoms. The first-order valence-electron chi connectivity index (χ1n) is 10.6. The number of nitrogens with zero attached hydrogens (tertiary/aromatic N) is 2. The lowest BCUT2D eigenvalue weighted by Crippen LogP contribution is -2.41. The van der Waals surface area contributed by atoms with Gasteiger partial charge in [0.15, 0.2) is 5.96 Å². The molecule has 1 saturated carbocycles. The van der Waals surface area contributed by atoms with Crippen LogP contribution in [0.15, 0.2) is 53.5 Å². The number of hydrogen-bond donors (Lipinski definition) is 2. The number of guanidine groups is 1. The first-order valence-corrected chi connectivity index (χ1v) is 10.6. The van der Waals surface area contributed by atoms with Crippen molar-refractivity contribution in [2.24, 2.45) is 4.99 Å². The van der Waals surface area contributed by atoms with Gasteiger partial charge < -0.3 is 15.5 Å². The van der Waals surface area contributed by atoms with Crippen LogP contribution in [0.4, 0.5) is 4.39 Å². The molecule has 2 aromatic rings.